The van der Waals surface area contributed by atoms with Gasteiger partial charge in [-0.1, -0.05) is 42.5 Å². The molecular formula is C25H31N2O2+. The van der Waals surface area contributed by atoms with E-state index < -0.39 is 0 Å². The minimum Gasteiger partial charge on any atom is -0.462 e. The van der Waals surface area contributed by atoms with Gasteiger partial charge in [0.15, 0.2) is 0 Å². The molecule has 0 bridgehead atoms. The van der Waals surface area contributed by atoms with E-state index in [1.54, 1.807) is 0 Å². The average Bonchev–Trinajstić information content (AvgIpc) is 3.20. The lowest BCUT2D eigenvalue weighted by Crippen LogP contribution is -2.35. The normalized spacial score (nSPS) is 22.5. The maximum absolute atomic E-state index is 12.6. The number of carbonyl (C=O) groups is 1. The molecular weight excluding hydrogens is 360 g/mol. The Morgan fingerprint density at radius 2 is 1.93 bits per heavy atom. The van der Waals surface area contributed by atoms with Crippen LogP contribution in [-0.4, -0.2) is 44.7 Å². The van der Waals surface area contributed by atoms with E-state index in [2.05, 4.69) is 68.9 Å². The van der Waals surface area contributed by atoms with Crippen molar-refractivity contribution >= 4 is 11.7 Å². The smallest absolute Gasteiger partial charge is 0.338 e. The average molecular weight is 392 g/mol. The molecule has 0 aromatic heterocycles. The quantitative estimate of drug-likeness (QED) is 0.334. The Kier molecular flexibility index (Phi) is 5.46. The van der Waals surface area contributed by atoms with Gasteiger partial charge in [-0.3, -0.25) is 0 Å². The van der Waals surface area contributed by atoms with Crippen LogP contribution < -0.4 is 5.32 Å². The number of benzene rings is 2. The van der Waals surface area contributed by atoms with Crippen molar-refractivity contribution in [2.24, 2.45) is 5.92 Å². The maximum atomic E-state index is 12.6. The van der Waals surface area contributed by atoms with Gasteiger partial charge in [0.25, 0.3) is 0 Å². The molecule has 0 amide bonds. The Hall–Kier alpha value is -2.59. The van der Waals surface area contributed by atoms with Crippen LogP contribution in [0.15, 0.2) is 60.7 Å². The van der Waals surface area contributed by atoms with Crippen LogP contribution in [0.2, 0.25) is 0 Å². The standard InChI is InChI=1S/C25H30N2O2/c1-27(2,3)15-8-16-29-25(28)19-13-14-23-22(17-19)20-11-7-12-21(20)24(26-23)18-9-5-4-6-10-18/h4-7,9-11,13-14,17,20-21,24H,8,12,15-16H2,1-3H3/p+1. The molecule has 3 unspecified atom stereocenters. The van der Waals surface area contributed by atoms with Gasteiger partial charge in [-0.15, -0.1) is 0 Å². The number of nitrogens with one attached hydrogen (secondary N) is 1. The fraction of sp³-hybridized carbons (Fsp3) is 0.400. The van der Waals surface area contributed by atoms with Gasteiger partial charge in [-0.05, 0) is 41.7 Å². The first-order valence-corrected chi connectivity index (χ1v) is 10.5. The van der Waals surface area contributed by atoms with Gasteiger partial charge in [0.05, 0.1) is 45.9 Å². The molecule has 0 saturated heterocycles. The predicted octanol–water partition coefficient (Wildman–Crippen LogP) is 4.77. The first-order valence-electron chi connectivity index (χ1n) is 10.5. The van der Waals surface area contributed by atoms with Gasteiger partial charge in [0.2, 0.25) is 0 Å². The summed E-state index contributed by atoms with van der Waals surface area (Å²) in [5.41, 5.74) is 4.29. The van der Waals surface area contributed by atoms with Crippen molar-refractivity contribution in [3.8, 4) is 0 Å². The molecule has 3 atom stereocenters. The second-order valence-electron chi connectivity index (χ2n) is 9.19. The molecule has 2 aromatic carbocycles. The van der Waals surface area contributed by atoms with Crippen LogP contribution in [0.5, 0.6) is 0 Å². The lowest BCUT2D eigenvalue weighted by molar-refractivity contribution is -0.870. The topological polar surface area (TPSA) is 38.3 Å². The number of anilines is 1. The number of allylic oxidation sites excluding steroid dienone is 2. The van der Waals surface area contributed by atoms with E-state index in [4.69, 9.17) is 4.74 Å². The monoisotopic (exact) mass is 391 g/mol. The van der Waals surface area contributed by atoms with E-state index in [1.165, 1.54) is 11.1 Å². The van der Waals surface area contributed by atoms with Gasteiger partial charge in [0, 0.05) is 18.0 Å². The minimum absolute atomic E-state index is 0.224. The molecule has 4 rings (SSSR count). The number of ether oxygens (including phenoxy) is 1. The van der Waals surface area contributed by atoms with Crippen molar-refractivity contribution in [3.05, 3.63) is 77.4 Å². The number of quaternary nitrogens is 1. The second-order valence-corrected chi connectivity index (χ2v) is 9.19. The molecule has 2 aliphatic rings. The lowest BCUT2D eigenvalue weighted by Gasteiger charge is -2.37. The number of hydrogen-bond acceptors (Lipinski definition) is 3. The van der Waals surface area contributed by atoms with Crippen molar-refractivity contribution in [2.75, 3.05) is 39.6 Å². The molecule has 0 radical (unpaired) electrons. The Bertz CT molecular complexity index is 899. The zero-order valence-electron chi connectivity index (χ0n) is 17.6. The van der Waals surface area contributed by atoms with Crippen LogP contribution in [0.4, 0.5) is 5.69 Å². The molecule has 0 saturated carbocycles. The van der Waals surface area contributed by atoms with Gasteiger partial charge in [0.1, 0.15) is 0 Å². The van der Waals surface area contributed by atoms with Crippen LogP contribution in [0.3, 0.4) is 0 Å². The highest BCUT2D eigenvalue weighted by Crippen LogP contribution is 2.49. The summed E-state index contributed by atoms with van der Waals surface area (Å²) in [6.45, 7) is 1.45. The summed E-state index contributed by atoms with van der Waals surface area (Å²) >= 11 is 0. The Balaban J connectivity index is 1.50. The Morgan fingerprint density at radius 3 is 2.69 bits per heavy atom. The highest BCUT2D eigenvalue weighted by molar-refractivity contribution is 5.90. The molecule has 1 N–H and O–H groups in total. The van der Waals surface area contributed by atoms with Gasteiger partial charge < -0.3 is 14.5 Å². The number of rotatable bonds is 6. The van der Waals surface area contributed by atoms with Crippen LogP contribution >= 0.6 is 0 Å². The number of esters is 1. The third-order valence-electron chi connectivity index (χ3n) is 5.96. The molecule has 1 aliphatic heterocycles. The zero-order chi connectivity index (χ0) is 20.4. The van der Waals surface area contributed by atoms with Gasteiger partial charge in [-0.2, -0.15) is 0 Å². The van der Waals surface area contributed by atoms with E-state index >= 15 is 0 Å². The minimum atomic E-state index is -0.224. The number of carbonyl (C=O) groups excluding carboxylic acids is 1. The summed E-state index contributed by atoms with van der Waals surface area (Å²) < 4.78 is 6.40. The second kappa shape index (κ2) is 8.03. The third-order valence-corrected chi connectivity index (χ3v) is 5.96. The molecule has 2 aromatic rings. The predicted molar refractivity (Wildman–Crippen MR) is 117 cm³/mol. The Labute approximate surface area is 173 Å². The molecule has 152 valence electrons. The van der Waals surface area contributed by atoms with E-state index in [0.29, 0.717) is 24.0 Å². The van der Waals surface area contributed by atoms with Crippen LogP contribution in [0, 0.1) is 5.92 Å². The SMILES string of the molecule is C[N+](C)(C)CCCOC(=O)c1ccc2c(c1)C1C=CCC1C(c1ccccc1)N2. The van der Waals surface area contributed by atoms with Crippen molar-refractivity contribution in [1.29, 1.82) is 0 Å². The molecule has 1 aliphatic carbocycles. The molecule has 29 heavy (non-hydrogen) atoms. The van der Waals surface area contributed by atoms with E-state index in [9.17, 15) is 4.79 Å². The first kappa shape index (κ1) is 19.7. The largest absolute Gasteiger partial charge is 0.462 e. The zero-order valence-corrected chi connectivity index (χ0v) is 17.6. The highest BCUT2D eigenvalue weighted by atomic mass is 16.5. The molecule has 0 fully saturated rings. The van der Waals surface area contributed by atoms with Gasteiger partial charge in [-0.25, -0.2) is 4.79 Å². The summed E-state index contributed by atoms with van der Waals surface area (Å²) in [5.74, 6) is 0.584. The number of fused-ring (bicyclic) bond motifs is 3. The molecule has 4 nitrogen and oxygen atoms in total. The Morgan fingerprint density at radius 1 is 1.14 bits per heavy atom. The summed E-state index contributed by atoms with van der Waals surface area (Å²) in [6, 6.07) is 16.9. The van der Waals surface area contributed by atoms with Crippen molar-refractivity contribution in [2.45, 2.75) is 24.8 Å². The van der Waals surface area contributed by atoms with Crippen LogP contribution in [0.25, 0.3) is 0 Å². The van der Waals surface area contributed by atoms with Crippen molar-refractivity contribution < 1.29 is 14.0 Å². The van der Waals surface area contributed by atoms with E-state index in [-0.39, 0.29) is 12.0 Å². The highest BCUT2D eigenvalue weighted by Gasteiger charge is 2.38. The third kappa shape index (κ3) is 4.38. The molecule has 1 heterocycles. The summed E-state index contributed by atoms with van der Waals surface area (Å²) in [7, 11) is 6.44. The van der Waals surface area contributed by atoms with Crippen molar-refractivity contribution in [3.63, 3.8) is 0 Å². The van der Waals surface area contributed by atoms with Gasteiger partial charge >= 0.3 is 5.97 Å². The number of hydrogen-bond donors (Lipinski definition) is 1. The molecule has 4 heteroatoms. The van der Waals surface area contributed by atoms with Crippen LogP contribution in [0.1, 0.15) is 46.3 Å². The summed E-state index contributed by atoms with van der Waals surface area (Å²) in [6.07, 6.45) is 6.50. The fourth-order valence-electron chi connectivity index (χ4n) is 4.50. The van der Waals surface area contributed by atoms with Crippen LogP contribution in [-0.2, 0) is 4.74 Å². The maximum Gasteiger partial charge on any atom is 0.338 e. The lowest BCUT2D eigenvalue weighted by atomic mass is 9.76. The van der Waals surface area contributed by atoms with E-state index in [1.807, 2.05) is 18.2 Å². The molecule has 0 spiro atoms. The summed E-state index contributed by atoms with van der Waals surface area (Å²) in [5, 5.41) is 3.73. The first-order chi connectivity index (χ1) is 13.9. The number of nitrogens with zero attached hydrogens (tertiary/aromatic N) is 1. The van der Waals surface area contributed by atoms with Crippen molar-refractivity contribution in [1.82, 2.24) is 0 Å². The van der Waals surface area contributed by atoms with E-state index in [0.717, 1.165) is 29.6 Å². The fourth-order valence-corrected chi connectivity index (χ4v) is 4.50. The summed E-state index contributed by atoms with van der Waals surface area (Å²) in [4.78, 5) is 12.6.